The minimum absolute atomic E-state index is 0.627. The fourth-order valence-electron chi connectivity index (χ4n) is 3.00. The minimum Gasteiger partial charge on any atom is -0.370 e. The van der Waals surface area contributed by atoms with Crippen LogP contribution in [0.15, 0.2) is 22.5 Å². The van der Waals surface area contributed by atoms with Crippen molar-refractivity contribution in [3.8, 4) is 0 Å². The van der Waals surface area contributed by atoms with E-state index in [1.165, 1.54) is 56.5 Å². The summed E-state index contributed by atoms with van der Waals surface area (Å²) in [6.07, 6.45) is 7.51. The second-order valence-corrected chi connectivity index (χ2v) is 7.54. The number of nitrogens with two attached hydrogens (primary N) is 1. The van der Waals surface area contributed by atoms with E-state index in [0.717, 1.165) is 19.6 Å². The average molecular weight is 337 g/mol. The van der Waals surface area contributed by atoms with Crippen LogP contribution in [0.5, 0.6) is 0 Å². The summed E-state index contributed by atoms with van der Waals surface area (Å²) < 4.78 is 0. The lowest BCUT2D eigenvalue weighted by molar-refractivity contribution is 0.182. The summed E-state index contributed by atoms with van der Waals surface area (Å²) >= 11 is 1.86. The lowest BCUT2D eigenvalue weighted by Gasteiger charge is -2.30. The van der Waals surface area contributed by atoms with Crippen molar-refractivity contribution in [2.75, 3.05) is 26.2 Å². The quantitative estimate of drug-likeness (QED) is 0.412. The molecule has 2 heterocycles. The molecule has 0 saturated carbocycles. The molecule has 0 amide bonds. The number of nitrogens with zero attached hydrogens (tertiary/aromatic N) is 2. The van der Waals surface area contributed by atoms with E-state index in [0.29, 0.717) is 11.9 Å². The third-order valence-corrected chi connectivity index (χ3v) is 5.38. The summed E-state index contributed by atoms with van der Waals surface area (Å²) in [5, 5.41) is 5.40. The van der Waals surface area contributed by atoms with E-state index in [9.17, 15) is 0 Å². The van der Waals surface area contributed by atoms with Crippen molar-refractivity contribution >= 4 is 17.3 Å². The SMILES string of the molecule is CCCCCCNC(N)=NCC1CCN(Cc2cccs2)CC1. The number of aliphatic imine (C=N–C) groups is 1. The van der Waals surface area contributed by atoms with Crippen LogP contribution in [0.1, 0.15) is 50.3 Å². The molecule has 5 heteroatoms. The number of unbranched alkanes of at least 4 members (excludes halogenated alkanes) is 3. The van der Waals surface area contributed by atoms with E-state index in [-0.39, 0.29) is 0 Å². The third-order valence-electron chi connectivity index (χ3n) is 4.52. The van der Waals surface area contributed by atoms with E-state index in [1.54, 1.807) is 0 Å². The molecule has 1 fully saturated rings. The molecule has 1 aliphatic rings. The number of hydrogen-bond acceptors (Lipinski definition) is 3. The standard InChI is InChI=1S/C18H32N4S/c1-2-3-4-5-10-20-18(19)21-14-16-8-11-22(12-9-16)15-17-7-6-13-23-17/h6-7,13,16H,2-5,8-12,14-15H2,1H3,(H3,19,20,21). The van der Waals surface area contributed by atoms with Crippen molar-refractivity contribution in [2.45, 2.75) is 52.0 Å². The van der Waals surface area contributed by atoms with Crippen molar-refractivity contribution in [3.63, 3.8) is 0 Å². The first-order chi connectivity index (χ1) is 11.3. The highest BCUT2D eigenvalue weighted by Crippen LogP contribution is 2.20. The van der Waals surface area contributed by atoms with Crippen molar-refractivity contribution in [1.82, 2.24) is 10.2 Å². The van der Waals surface area contributed by atoms with Gasteiger partial charge in [-0.15, -0.1) is 11.3 Å². The molecule has 1 aromatic heterocycles. The maximum absolute atomic E-state index is 5.95. The fourth-order valence-corrected chi connectivity index (χ4v) is 3.75. The highest BCUT2D eigenvalue weighted by Gasteiger charge is 2.19. The zero-order valence-electron chi connectivity index (χ0n) is 14.5. The highest BCUT2D eigenvalue weighted by molar-refractivity contribution is 7.09. The fraction of sp³-hybridized carbons (Fsp3) is 0.722. The van der Waals surface area contributed by atoms with Crippen LogP contribution in [0.3, 0.4) is 0 Å². The van der Waals surface area contributed by atoms with Crippen LogP contribution >= 0.6 is 11.3 Å². The Morgan fingerprint density at radius 2 is 2.17 bits per heavy atom. The van der Waals surface area contributed by atoms with Gasteiger partial charge in [-0.25, -0.2) is 0 Å². The summed E-state index contributed by atoms with van der Waals surface area (Å²) in [4.78, 5) is 8.56. The first kappa shape index (κ1) is 18.3. The van der Waals surface area contributed by atoms with Gasteiger partial charge >= 0.3 is 0 Å². The van der Waals surface area contributed by atoms with Gasteiger partial charge in [0, 0.05) is 24.5 Å². The second-order valence-electron chi connectivity index (χ2n) is 6.51. The summed E-state index contributed by atoms with van der Waals surface area (Å²) in [6.45, 7) is 7.53. The molecular weight excluding hydrogens is 304 g/mol. The Labute approximate surface area is 145 Å². The topological polar surface area (TPSA) is 53.6 Å². The second kappa shape index (κ2) is 10.7. The van der Waals surface area contributed by atoms with Crippen LogP contribution in [0.4, 0.5) is 0 Å². The van der Waals surface area contributed by atoms with Gasteiger partial charge in [-0.3, -0.25) is 9.89 Å². The Hall–Kier alpha value is -1.07. The molecule has 4 nitrogen and oxygen atoms in total. The minimum atomic E-state index is 0.627. The molecule has 1 aliphatic heterocycles. The first-order valence-electron chi connectivity index (χ1n) is 9.06. The summed E-state index contributed by atoms with van der Waals surface area (Å²) in [6, 6.07) is 4.37. The maximum atomic E-state index is 5.95. The van der Waals surface area contributed by atoms with E-state index >= 15 is 0 Å². The third kappa shape index (κ3) is 7.36. The number of thiophene rings is 1. The van der Waals surface area contributed by atoms with Crippen LogP contribution in [0.2, 0.25) is 0 Å². The Morgan fingerprint density at radius 3 is 2.87 bits per heavy atom. The van der Waals surface area contributed by atoms with E-state index in [4.69, 9.17) is 5.73 Å². The molecule has 0 bridgehead atoms. The van der Waals surface area contributed by atoms with Gasteiger partial charge in [0.15, 0.2) is 5.96 Å². The number of guanidine groups is 1. The van der Waals surface area contributed by atoms with Gasteiger partial charge in [0.2, 0.25) is 0 Å². The molecular formula is C18H32N4S. The molecule has 0 radical (unpaired) electrons. The maximum Gasteiger partial charge on any atom is 0.188 e. The van der Waals surface area contributed by atoms with Gasteiger partial charge in [0.1, 0.15) is 0 Å². The number of likely N-dealkylation sites (tertiary alicyclic amines) is 1. The Morgan fingerprint density at radius 1 is 1.35 bits per heavy atom. The van der Waals surface area contributed by atoms with Crippen LogP contribution in [0.25, 0.3) is 0 Å². The van der Waals surface area contributed by atoms with E-state index in [1.807, 2.05) is 11.3 Å². The molecule has 0 atom stereocenters. The largest absolute Gasteiger partial charge is 0.370 e. The molecule has 0 spiro atoms. The molecule has 0 aromatic carbocycles. The Bertz CT molecular complexity index is 436. The summed E-state index contributed by atoms with van der Waals surface area (Å²) in [5.74, 6) is 1.32. The van der Waals surface area contributed by atoms with Gasteiger partial charge in [0.25, 0.3) is 0 Å². The first-order valence-corrected chi connectivity index (χ1v) is 9.94. The lowest BCUT2D eigenvalue weighted by Crippen LogP contribution is -2.36. The van der Waals surface area contributed by atoms with Crippen LogP contribution in [-0.4, -0.2) is 37.0 Å². The Balaban J connectivity index is 1.57. The van der Waals surface area contributed by atoms with Crippen LogP contribution in [-0.2, 0) is 6.54 Å². The molecule has 0 aliphatic carbocycles. The van der Waals surface area contributed by atoms with Gasteiger partial charge in [0.05, 0.1) is 0 Å². The smallest absolute Gasteiger partial charge is 0.188 e. The van der Waals surface area contributed by atoms with E-state index in [2.05, 4.69) is 39.6 Å². The normalized spacial score (nSPS) is 17.5. The number of piperidine rings is 1. The number of rotatable bonds is 9. The molecule has 3 N–H and O–H groups in total. The predicted molar refractivity (Wildman–Crippen MR) is 101 cm³/mol. The van der Waals surface area contributed by atoms with Gasteiger partial charge in [-0.1, -0.05) is 32.3 Å². The van der Waals surface area contributed by atoms with Crippen molar-refractivity contribution in [2.24, 2.45) is 16.6 Å². The average Bonchev–Trinajstić information content (AvgIpc) is 3.07. The van der Waals surface area contributed by atoms with Crippen molar-refractivity contribution in [1.29, 1.82) is 0 Å². The molecule has 2 rings (SSSR count). The molecule has 130 valence electrons. The molecule has 1 aromatic rings. The van der Waals surface area contributed by atoms with Crippen LogP contribution in [0, 0.1) is 5.92 Å². The highest BCUT2D eigenvalue weighted by atomic mass is 32.1. The zero-order valence-corrected chi connectivity index (χ0v) is 15.3. The summed E-state index contributed by atoms with van der Waals surface area (Å²) in [7, 11) is 0. The predicted octanol–water partition coefficient (Wildman–Crippen LogP) is 3.44. The lowest BCUT2D eigenvalue weighted by atomic mass is 9.97. The van der Waals surface area contributed by atoms with Crippen LogP contribution < -0.4 is 11.1 Å². The Kier molecular flexibility index (Phi) is 8.47. The zero-order chi connectivity index (χ0) is 16.3. The molecule has 0 unspecified atom stereocenters. The van der Waals surface area contributed by atoms with E-state index < -0.39 is 0 Å². The van der Waals surface area contributed by atoms with Crippen molar-refractivity contribution in [3.05, 3.63) is 22.4 Å². The monoisotopic (exact) mass is 336 g/mol. The summed E-state index contributed by atoms with van der Waals surface area (Å²) in [5.41, 5.74) is 5.95. The van der Waals surface area contributed by atoms with Gasteiger partial charge < -0.3 is 11.1 Å². The molecule has 1 saturated heterocycles. The number of nitrogens with one attached hydrogen (secondary N) is 1. The molecule has 23 heavy (non-hydrogen) atoms. The van der Waals surface area contributed by atoms with Gasteiger partial charge in [-0.05, 0) is 49.7 Å². The number of hydrogen-bond donors (Lipinski definition) is 2. The van der Waals surface area contributed by atoms with Gasteiger partial charge in [-0.2, -0.15) is 0 Å². The van der Waals surface area contributed by atoms with Crippen molar-refractivity contribution < 1.29 is 0 Å².